The summed E-state index contributed by atoms with van der Waals surface area (Å²) in [5, 5.41) is 2.72. The topological polar surface area (TPSA) is 61.9 Å². The van der Waals surface area contributed by atoms with Gasteiger partial charge in [-0.15, -0.1) is 0 Å². The van der Waals surface area contributed by atoms with Gasteiger partial charge in [0.2, 0.25) is 11.8 Å². The molecular weight excluding hydrogens is 361 g/mol. The smallest absolute Gasteiger partial charge is 0.226 e. The maximum Gasteiger partial charge on any atom is 0.226 e. The summed E-state index contributed by atoms with van der Waals surface area (Å²) < 4.78 is 18.4. The number of anilines is 3. The van der Waals surface area contributed by atoms with Gasteiger partial charge in [-0.25, -0.2) is 4.39 Å². The fraction of sp³-hybridized carbons (Fsp3) is 0.333. The molecule has 1 aliphatic rings. The number of benzene rings is 2. The lowest BCUT2D eigenvalue weighted by Crippen LogP contribution is -2.39. The lowest BCUT2D eigenvalue weighted by atomic mass is 10.2. The van der Waals surface area contributed by atoms with E-state index in [0.29, 0.717) is 18.9 Å². The molecular formula is C21H24FN3O3. The second-order valence-electron chi connectivity index (χ2n) is 6.56. The molecule has 0 bridgehead atoms. The molecule has 1 N–H and O–H groups in total. The SMILES string of the molecule is CC(=O)N(CCC(=O)Nc1ccc(F)cc1)c1ccccc1N1CCOCC1. The maximum absolute atomic E-state index is 13.0. The quantitative estimate of drug-likeness (QED) is 0.830. The van der Waals surface area contributed by atoms with Gasteiger partial charge in [0.05, 0.1) is 24.6 Å². The molecule has 28 heavy (non-hydrogen) atoms. The van der Waals surface area contributed by atoms with Crippen LogP contribution in [0.25, 0.3) is 0 Å². The molecule has 1 heterocycles. The number of carbonyl (C=O) groups is 2. The van der Waals surface area contributed by atoms with Crippen LogP contribution in [-0.2, 0) is 14.3 Å². The van der Waals surface area contributed by atoms with E-state index < -0.39 is 0 Å². The average molecular weight is 385 g/mol. The van der Waals surface area contributed by atoms with Gasteiger partial charge in [-0.05, 0) is 36.4 Å². The van der Waals surface area contributed by atoms with Crippen molar-refractivity contribution < 1.29 is 18.7 Å². The third-order valence-electron chi connectivity index (χ3n) is 4.59. The number of nitrogens with zero attached hydrogens (tertiary/aromatic N) is 2. The van der Waals surface area contributed by atoms with Crippen molar-refractivity contribution in [3.8, 4) is 0 Å². The van der Waals surface area contributed by atoms with Crippen LogP contribution in [0.2, 0.25) is 0 Å². The summed E-state index contributed by atoms with van der Waals surface area (Å²) in [5.74, 6) is -0.725. The van der Waals surface area contributed by atoms with Gasteiger partial charge in [0.15, 0.2) is 0 Å². The summed E-state index contributed by atoms with van der Waals surface area (Å²) in [6.45, 7) is 4.56. The largest absolute Gasteiger partial charge is 0.378 e. The fourth-order valence-electron chi connectivity index (χ4n) is 3.18. The Bertz CT molecular complexity index is 820. The van der Waals surface area contributed by atoms with Crippen LogP contribution in [0.4, 0.5) is 21.5 Å². The molecule has 2 amide bonds. The van der Waals surface area contributed by atoms with E-state index in [1.165, 1.54) is 31.2 Å². The van der Waals surface area contributed by atoms with E-state index >= 15 is 0 Å². The highest BCUT2D eigenvalue weighted by atomic mass is 19.1. The first-order valence-electron chi connectivity index (χ1n) is 9.30. The first-order chi connectivity index (χ1) is 13.5. The van der Waals surface area contributed by atoms with Crippen LogP contribution in [0.15, 0.2) is 48.5 Å². The molecule has 1 fully saturated rings. The fourth-order valence-corrected chi connectivity index (χ4v) is 3.18. The molecule has 0 spiro atoms. The van der Waals surface area contributed by atoms with E-state index in [9.17, 15) is 14.0 Å². The number of rotatable bonds is 6. The second kappa shape index (κ2) is 9.32. The lowest BCUT2D eigenvalue weighted by Gasteiger charge is -2.33. The first-order valence-corrected chi connectivity index (χ1v) is 9.30. The summed E-state index contributed by atoms with van der Waals surface area (Å²) in [6, 6.07) is 13.3. The molecule has 148 valence electrons. The van der Waals surface area contributed by atoms with Crippen LogP contribution in [0, 0.1) is 5.82 Å². The van der Waals surface area contributed by atoms with Crippen molar-refractivity contribution in [1.82, 2.24) is 0 Å². The van der Waals surface area contributed by atoms with Crippen LogP contribution in [0.1, 0.15) is 13.3 Å². The Hall–Kier alpha value is -2.93. The maximum atomic E-state index is 13.0. The third-order valence-corrected chi connectivity index (χ3v) is 4.59. The van der Waals surface area contributed by atoms with Crippen molar-refractivity contribution in [2.45, 2.75) is 13.3 Å². The van der Waals surface area contributed by atoms with Crippen LogP contribution in [0.5, 0.6) is 0 Å². The minimum absolute atomic E-state index is 0.129. The zero-order chi connectivity index (χ0) is 19.9. The zero-order valence-electron chi connectivity index (χ0n) is 15.9. The highest BCUT2D eigenvalue weighted by Gasteiger charge is 2.21. The van der Waals surface area contributed by atoms with Crippen molar-refractivity contribution in [2.75, 3.05) is 48.0 Å². The number of carbonyl (C=O) groups excluding carboxylic acids is 2. The number of nitrogens with one attached hydrogen (secondary N) is 1. The van der Waals surface area contributed by atoms with E-state index in [2.05, 4.69) is 10.2 Å². The average Bonchev–Trinajstić information content (AvgIpc) is 2.71. The second-order valence-corrected chi connectivity index (χ2v) is 6.56. The van der Waals surface area contributed by atoms with Crippen molar-refractivity contribution in [3.63, 3.8) is 0 Å². The van der Waals surface area contributed by atoms with Gasteiger partial charge in [-0.3, -0.25) is 9.59 Å². The molecule has 0 radical (unpaired) electrons. The van der Waals surface area contributed by atoms with E-state index in [-0.39, 0.29) is 30.6 Å². The summed E-state index contributed by atoms with van der Waals surface area (Å²) in [6.07, 6.45) is 0.133. The van der Waals surface area contributed by atoms with E-state index in [0.717, 1.165) is 24.5 Å². The van der Waals surface area contributed by atoms with Crippen molar-refractivity contribution in [1.29, 1.82) is 0 Å². The van der Waals surface area contributed by atoms with Crippen LogP contribution in [-0.4, -0.2) is 44.7 Å². The molecule has 2 aromatic carbocycles. The first kappa shape index (κ1) is 19.8. The highest BCUT2D eigenvalue weighted by molar-refractivity contribution is 5.97. The number of ether oxygens (including phenoxy) is 1. The van der Waals surface area contributed by atoms with Crippen molar-refractivity contribution in [3.05, 3.63) is 54.3 Å². The molecule has 1 aliphatic heterocycles. The predicted octanol–water partition coefficient (Wildman–Crippen LogP) is 3.04. The Morgan fingerprint density at radius 2 is 1.79 bits per heavy atom. The minimum atomic E-state index is -0.361. The number of morpholine rings is 1. The summed E-state index contributed by atoms with van der Waals surface area (Å²) in [5.41, 5.74) is 2.26. The van der Waals surface area contributed by atoms with Crippen LogP contribution >= 0.6 is 0 Å². The van der Waals surface area contributed by atoms with Gasteiger partial charge in [0, 0.05) is 38.7 Å². The van der Waals surface area contributed by atoms with E-state index in [4.69, 9.17) is 4.74 Å². The molecule has 0 unspecified atom stereocenters. The van der Waals surface area contributed by atoms with Gasteiger partial charge in [0.25, 0.3) is 0 Å². The Morgan fingerprint density at radius 1 is 1.11 bits per heavy atom. The van der Waals surface area contributed by atoms with Crippen LogP contribution in [0.3, 0.4) is 0 Å². The monoisotopic (exact) mass is 385 g/mol. The number of halogens is 1. The summed E-state index contributed by atoms with van der Waals surface area (Å²) >= 11 is 0. The number of hydrogen-bond acceptors (Lipinski definition) is 4. The molecule has 0 aromatic heterocycles. The molecule has 6 nitrogen and oxygen atoms in total. The van der Waals surface area contributed by atoms with Crippen molar-refractivity contribution in [2.24, 2.45) is 0 Å². The normalized spacial score (nSPS) is 13.9. The standard InChI is InChI=1S/C21H24FN3O3/c1-16(26)25(11-10-21(27)23-18-8-6-17(22)7-9-18)20-5-3-2-4-19(20)24-12-14-28-15-13-24/h2-9H,10-15H2,1H3,(H,23,27). The molecule has 0 aliphatic carbocycles. The van der Waals surface area contributed by atoms with Gasteiger partial charge in [0.1, 0.15) is 5.82 Å². The number of hydrogen-bond donors (Lipinski definition) is 1. The van der Waals surface area contributed by atoms with E-state index in [1.807, 2.05) is 24.3 Å². The molecule has 0 saturated carbocycles. The molecule has 0 atom stereocenters. The molecule has 7 heteroatoms. The Balaban J connectivity index is 1.69. The van der Waals surface area contributed by atoms with Gasteiger partial charge in [-0.1, -0.05) is 12.1 Å². The molecule has 1 saturated heterocycles. The lowest BCUT2D eigenvalue weighted by molar-refractivity contribution is -0.117. The molecule has 3 rings (SSSR count). The highest BCUT2D eigenvalue weighted by Crippen LogP contribution is 2.30. The van der Waals surface area contributed by atoms with Gasteiger partial charge < -0.3 is 19.9 Å². The van der Waals surface area contributed by atoms with Gasteiger partial charge in [-0.2, -0.15) is 0 Å². The Kier molecular flexibility index (Phi) is 6.60. The summed E-state index contributed by atoms with van der Waals surface area (Å²) in [4.78, 5) is 28.4. The zero-order valence-corrected chi connectivity index (χ0v) is 15.9. The van der Waals surface area contributed by atoms with Crippen molar-refractivity contribution >= 4 is 28.9 Å². The predicted molar refractivity (Wildman–Crippen MR) is 107 cm³/mol. The molecule has 2 aromatic rings. The Labute approximate surface area is 163 Å². The minimum Gasteiger partial charge on any atom is -0.378 e. The number of amides is 2. The van der Waals surface area contributed by atoms with Gasteiger partial charge >= 0.3 is 0 Å². The number of para-hydroxylation sites is 2. The van der Waals surface area contributed by atoms with Crippen LogP contribution < -0.4 is 15.1 Å². The third kappa shape index (κ3) is 5.07. The summed E-state index contributed by atoms with van der Waals surface area (Å²) in [7, 11) is 0. The van der Waals surface area contributed by atoms with E-state index in [1.54, 1.807) is 4.90 Å². The Morgan fingerprint density at radius 3 is 2.46 bits per heavy atom.